The highest BCUT2D eigenvalue weighted by Gasteiger charge is 2.26. The summed E-state index contributed by atoms with van der Waals surface area (Å²) in [5.74, 6) is 0.652. The molecule has 0 aromatic carbocycles. The zero-order chi connectivity index (χ0) is 16.7. The summed E-state index contributed by atoms with van der Waals surface area (Å²) in [5, 5.41) is 4.03. The quantitative estimate of drug-likeness (QED) is 0.696. The molecule has 1 saturated heterocycles. The van der Waals surface area contributed by atoms with Gasteiger partial charge in [0.25, 0.3) is 0 Å². The lowest BCUT2D eigenvalue weighted by Crippen LogP contribution is -2.43. The van der Waals surface area contributed by atoms with Crippen molar-refractivity contribution in [3.05, 3.63) is 16.9 Å². The molecule has 6 nitrogen and oxygen atoms in total. The highest BCUT2D eigenvalue weighted by Crippen LogP contribution is 2.39. The van der Waals surface area contributed by atoms with E-state index in [4.69, 9.17) is 5.73 Å². The number of hydrogen-bond acceptors (Lipinski definition) is 4. The maximum absolute atomic E-state index is 12.2. The summed E-state index contributed by atoms with van der Waals surface area (Å²) in [5.41, 5.74) is 8.82. The van der Waals surface area contributed by atoms with E-state index in [9.17, 15) is 4.79 Å². The molecule has 1 aliphatic carbocycles. The van der Waals surface area contributed by atoms with Crippen LogP contribution in [0.25, 0.3) is 11.0 Å². The van der Waals surface area contributed by atoms with E-state index in [0.717, 1.165) is 52.8 Å². The van der Waals surface area contributed by atoms with E-state index >= 15 is 0 Å². The topological polar surface area (TPSA) is 87.0 Å². The van der Waals surface area contributed by atoms with Crippen molar-refractivity contribution in [3.8, 4) is 0 Å². The fourth-order valence-electron chi connectivity index (χ4n) is 3.46. The molecule has 2 aromatic rings. The summed E-state index contributed by atoms with van der Waals surface area (Å²) in [6.07, 6.45) is 8.73. The molecule has 1 amide bonds. The second-order valence-electron chi connectivity index (χ2n) is 6.92. The van der Waals surface area contributed by atoms with Crippen LogP contribution in [0.15, 0.2) is 16.9 Å². The monoisotopic (exact) mass is 427 g/mol. The van der Waals surface area contributed by atoms with Crippen molar-refractivity contribution < 1.29 is 4.79 Å². The Morgan fingerprint density at radius 3 is 2.96 bits per heavy atom. The Kier molecular flexibility index (Phi) is 5.55. The lowest BCUT2D eigenvalue weighted by atomic mass is 10.1. The van der Waals surface area contributed by atoms with E-state index in [0.29, 0.717) is 12.3 Å². The van der Waals surface area contributed by atoms with Crippen molar-refractivity contribution >= 4 is 56.7 Å². The predicted octanol–water partition coefficient (Wildman–Crippen LogP) is 3.41. The van der Waals surface area contributed by atoms with E-state index in [2.05, 4.69) is 36.1 Å². The molecule has 2 aliphatic rings. The Hall–Kier alpha value is -1.31. The summed E-state index contributed by atoms with van der Waals surface area (Å²) < 4.78 is 0.932. The number of hydrogen-bond donors (Lipinski definition) is 3. The fraction of sp³-hybridized carbons (Fsp3) is 0.529. The number of fused-ring (bicyclic) bond motifs is 1. The highest BCUT2D eigenvalue weighted by atomic mass is 79.9. The number of rotatable bonds is 4. The Morgan fingerprint density at radius 1 is 1.44 bits per heavy atom. The van der Waals surface area contributed by atoms with Crippen LogP contribution in [0.2, 0.25) is 0 Å². The molecule has 4 rings (SSSR count). The third kappa shape index (κ3) is 3.93. The van der Waals surface area contributed by atoms with Crippen molar-refractivity contribution in [2.24, 2.45) is 11.7 Å². The van der Waals surface area contributed by atoms with Crippen molar-refractivity contribution in [2.75, 3.05) is 23.3 Å². The highest BCUT2D eigenvalue weighted by molar-refractivity contribution is 9.10. The number of H-pyrrole nitrogens is 1. The van der Waals surface area contributed by atoms with Crippen LogP contribution in [-0.2, 0) is 4.79 Å². The van der Waals surface area contributed by atoms with E-state index in [1.54, 1.807) is 0 Å². The van der Waals surface area contributed by atoms with Gasteiger partial charge in [-0.05, 0) is 47.5 Å². The molecule has 1 unspecified atom stereocenters. The number of halogens is 2. The predicted molar refractivity (Wildman–Crippen MR) is 106 cm³/mol. The third-order valence-electron chi connectivity index (χ3n) is 4.85. The lowest BCUT2D eigenvalue weighted by Gasteiger charge is -2.33. The van der Waals surface area contributed by atoms with Crippen molar-refractivity contribution in [2.45, 2.75) is 38.1 Å². The first kappa shape index (κ1) is 18.5. The van der Waals surface area contributed by atoms with Crippen molar-refractivity contribution in [3.63, 3.8) is 0 Å². The van der Waals surface area contributed by atoms with Crippen LogP contribution in [0, 0.1) is 5.92 Å². The number of nitrogens with two attached hydrogens (primary N) is 1. The molecule has 25 heavy (non-hydrogen) atoms. The van der Waals surface area contributed by atoms with E-state index < -0.39 is 0 Å². The number of carbonyl (C=O) groups is 1. The van der Waals surface area contributed by atoms with Crippen LogP contribution < -0.4 is 16.0 Å². The first-order valence-electron chi connectivity index (χ1n) is 8.58. The van der Waals surface area contributed by atoms with E-state index in [1.807, 2.05) is 12.4 Å². The molecule has 3 heterocycles. The lowest BCUT2D eigenvalue weighted by molar-refractivity contribution is -0.116. The Balaban J connectivity index is 0.00000182. The van der Waals surface area contributed by atoms with Crippen molar-refractivity contribution in [1.82, 2.24) is 9.97 Å². The molecule has 8 heteroatoms. The summed E-state index contributed by atoms with van der Waals surface area (Å²) in [4.78, 5) is 22.2. The third-order valence-corrected chi connectivity index (χ3v) is 5.43. The molecule has 1 aliphatic heterocycles. The van der Waals surface area contributed by atoms with E-state index in [-0.39, 0.29) is 24.4 Å². The first-order valence-corrected chi connectivity index (χ1v) is 9.37. The molecule has 4 N–H and O–H groups in total. The number of nitrogens with zero attached hydrogens (tertiary/aromatic N) is 2. The summed E-state index contributed by atoms with van der Waals surface area (Å²) in [7, 11) is 0. The van der Waals surface area contributed by atoms with Gasteiger partial charge in [0, 0.05) is 37.9 Å². The molecular formula is C17H23BrClN5O. The SMILES string of the molecule is Cl.NC1CCCN(c2c(Br)cnc3[nH]cc(NC(=O)CC4CC4)c23)C1. The second kappa shape index (κ2) is 7.51. The van der Waals surface area contributed by atoms with Crippen LogP contribution >= 0.6 is 28.3 Å². The number of pyridine rings is 1. The average Bonchev–Trinajstić information content (AvgIpc) is 3.27. The maximum atomic E-state index is 12.2. The van der Waals surface area contributed by atoms with Crippen molar-refractivity contribution in [1.29, 1.82) is 0 Å². The van der Waals surface area contributed by atoms with Gasteiger partial charge in [-0.25, -0.2) is 4.98 Å². The number of anilines is 2. The molecule has 0 bridgehead atoms. The summed E-state index contributed by atoms with van der Waals surface area (Å²) >= 11 is 3.64. The van der Waals surface area contributed by atoms with Gasteiger partial charge in [0.05, 0.1) is 21.2 Å². The van der Waals surface area contributed by atoms with Crippen LogP contribution in [0.3, 0.4) is 0 Å². The normalized spacial score (nSPS) is 20.4. The summed E-state index contributed by atoms with van der Waals surface area (Å²) in [6.45, 7) is 1.78. The van der Waals surface area contributed by atoms with Crippen LogP contribution in [0.1, 0.15) is 32.1 Å². The first-order chi connectivity index (χ1) is 11.6. The molecule has 2 fully saturated rings. The Morgan fingerprint density at radius 2 is 2.24 bits per heavy atom. The van der Waals surface area contributed by atoms with Crippen LogP contribution in [-0.4, -0.2) is 35.0 Å². The molecular weight excluding hydrogens is 406 g/mol. The Labute approximate surface area is 161 Å². The van der Waals surface area contributed by atoms with Gasteiger partial charge in [0.15, 0.2) is 0 Å². The number of aromatic nitrogens is 2. The zero-order valence-corrected chi connectivity index (χ0v) is 16.3. The molecule has 1 saturated carbocycles. The molecule has 2 aromatic heterocycles. The van der Waals surface area contributed by atoms with Gasteiger partial charge in [-0.2, -0.15) is 0 Å². The molecule has 1 atom stereocenters. The van der Waals surface area contributed by atoms with Gasteiger partial charge in [0.2, 0.25) is 5.91 Å². The average molecular weight is 429 g/mol. The van der Waals surface area contributed by atoms with Gasteiger partial charge in [0.1, 0.15) is 5.65 Å². The Bertz CT molecular complexity index is 776. The van der Waals surface area contributed by atoms with Crippen LogP contribution in [0.4, 0.5) is 11.4 Å². The molecule has 0 radical (unpaired) electrons. The smallest absolute Gasteiger partial charge is 0.224 e. The van der Waals surface area contributed by atoms with Crippen LogP contribution in [0.5, 0.6) is 0 Å². The minimum absolute atomic E-state index is 0. The number of piperidine rings is 1. The number of amides is 1. The summed E-state index contributed by atoms with van der Waals surface area (Å²) in [6, 6.07) is 0.181. The fourth-order valence-corrected chi connectivity index (χ4v) is 4.01. The number of carbonyl (C=O) groups excluding carboxylic acids is 1. The maximum Gasteiger partial charge on any atom is 0.224 e. The van der Waals surface area contributed by atoms with Gasteiger partial charge < -0.3 is 20.9 Å². The van der Waals surface area contributed by atoms with E-state index in [1.165, 1.54) is 12.8 Å². The van der Waals surface area contributed by atoms with Gasteiger partial charge in [-0.15, -0.1) is 12.4 Å². The second-order valence-corrected chi connectivity index (χ2v) is 7.78. The minimum Gasteiger partial charge on any atom is -0.368 e. The standard InChI is InChI=1S/C17H22BrN5O.ClH/c18-12-7-20-17-15(16(12)23-5-1-2-11(19)9-23)13(8-21-17)22-14(24)6-10-3-4-10;/h7-8,10-11H,1-6,9,19H2,(H,20,21)(H,22,24);1H. The number of nitrogens with one attached hydrogen (secondary N) is 2. The van der Waals surface area contributed by atoms with Gasteiger partial charge in [-0.3, -0.25) is 4.79 Å². The minimum atomic E-state index is 0. The zero-order valence-electron chi connectivity index (χ0n) is 13.9. The van der Waals surface area contributed by atoms with Gasteiger partial charge in [-0.1, -0.05) is 0 Å². The number of aromatic amines is 1. The molecule has 136 valence electrons. The largest absolute Gasteiger partial charge is 0.368 e. The molecule has 0 spiro atoms. The van der Waals surface area contributed by atoms with Gasteiger partial charge >= 0.3 is 0 Å².